The Bertz CT molecular complexity index is 432. The quantitative estimate of drug-likeness (QED) is 0.576. The number of ether oxygens (including phenoxy) is 2. The molecule has 3 aliphatic rings. The zero-order valence-electron chi connectivity index (χ0n) is 12.4. The van der Waals surface area contributed by atoms with Crippen molar-refractivity contribution in [1.29, 1.82) is 0 Å². The molecule has 4 nitrogen and oxygen atoms in total. The van der Waals surface area contributed by atoms with Crippen LogP contribution in [0.3, 0.4) is 0 Å². The highest BCUT2D eigenvalue weighted by atomic mass is 16.5. The average molecular weight is 280 g/mol. The zero-order valence-corrected chi connectivity index (χ0v) is 12.4. The number of carbonyl (C=O) groups excluding carboxylic acids is 2. The molecule has 0 aromatic heterocycles. The molecule has 2 heterocycles. The summed E-state index contributed by atoms with van der Waals surface area (Å²) < 4.78 is 11.5. The van der Waals surface area contributed by atoms with E-state index in [2.05, 4.69) is 0 Å². The number of carbonyl (C=O) groups is 2. The molecule has 4 bridgehead atoms. The number of Topliss-reactive ketones (excluding diaryl/α,β-unsaturated/α-hetero) is 1. The molecular weight excluding hydrogens is 256 g/mol. The maximum atomic E-state index is 13.1. The Morgan fingerprint density at radius 1 is 1.30 bits per heavy atom. The lowest BCUT2D eigenvalue weighted by Gasteiger charge is -2.47. The molecule has 0 aromatic rings. The van der Waals surface area contributed by atoms with Crippen molar-refractivity contribution in [3.63, 3.8) is 0 Å². The molecule has 4 atom stereocenters. The van der Waals surface area contributed by atoms with Gasteiger partial charge in [0, 0.05) is 5.92 Å². The maximum Gasteiger partial charge on any atom is 0.322 e. The van der Waals surface area contributed by atoms with Gasteiger partial charge in [0.15, 0.2) is 11.2 Å². The first-order chi connectivity index (χ1) is 9.54. The molecule has 2 saturated heterocycles. The van der Waals surface area contributed by atoms with Gasteiger partial charge in [0.2, 0.25) is 0 Å². The summed E-state index contributed by atoms with van der Waals surface area (Å²) in [5.41, 5.74) is -1.37. The monoisotopic (exact) mass is 280 g/mol. The van der Waals surface area contributed by atoms with Crippen molar-refractivity contribution in [2.75, 3.05) is 6.61 Å². The van der Waals surface area contributed by atoms with Crippen LogP contribution >= 0.6 is 0 Å². The third-order valence-electron chi connectivity index (χ3n) is 5.56. The third-order valence-corrected chi connectivity index (χ3v) is 5.56. The van der Waals surface area contributed by atoms with Crippen LogP contribution < -0.4 is 0 Å². The third kappa shape index (κ3) is 1.77. The fourth-order valence-corrected chi connectivity index (χ4v) is 4.45. The second kappa shape index (κ2) is 4.83. The molecule has 1 aliphatic carbocycles. The summed E-state index contributed by atoms with van der Waals surface area (Å²) in [4.78, 5) is 25.7. The number of rotatable bonds is 2. The largest absolute Gasteiger partial charge is 0.465 e. The average Bonchev–Trinajstić information content (AvgIpc) is 2.75. The van der Waals surface area contributed by atoms with E-state index in [0.717, 1.165) is 38.5 Å². The Kier molecular flexibility index (Phi) is 3.39. The minimum absolute atomic E-state index is 0.104. The minimum atomic E-state index is -1.02. The van der Waals surface area contributed by atoms with Crippen LogP contribution in [0.25, 0.3) is 0 Å². The van der Waals surface area contributed by atoms with E-state index in [9.17, 15) is 9.59 Å². The second-order valence-electron chi connectivity index (χ2n) is 6.67. The van der Waals surface area contributed by atoms with Gasteiger partial charge < -0.3 is 9.47 Å². The molecule has 0 amide bonds. The fourth-order valence-electron chi connectivity index (χ4n) is 4.45. The normalized spacial score (nSPS) is 43.8. The van der Waals surface area contributed by atoms with Crippen LogP contribution in [0.2, 0.25) is 0 Å². The Balaban J connectivity index is 2.04. The van der Waals surface area contributed by atoms with Crippen molar-refractivity contribution in [2.45, 2.75) is 70.5 Å². The molecular formula is C16H24O4. The van der Waals surface area contributed by atoms with Crippen molar-refractivity contribution < 1.29 is 19.1 Å². The minimum Gasteiger partial charge on any atom is -0.465 e. The lowest BCUT2D eigenvalue weighted by molar-refractivity contribution is -0.199. The van der Waals surface area contributed by atoms with Gasteiger partial charge in [-0.1, -0.05) is 19.3 Å². The fraction of sp³-hybridized carbons (Fsp3) is 0.875. The van der Waals surface area contributed by atoms with Crippen LogP contribution in [0.4, 0.5) is 0 Å². The highest BCUT2D eigenvalue weighted by molar-refractivity contribution is 6.07. The maximum absolute atomic E-state index is 13.1. The van der Waals surface area contributed by atoms with Gasteiger partial charge in [-0.15, -0.1) is 0 Å². The van der Waals surface area contributed by atoms with E-state index in [1.54, 1.807) is 6.92 Å². The van der Waals surface area contributed by atoms with E-state index < -0.39 is 5.41 Å². The lowest BCUT2D eigenvalue weighted by atomic mass is 9.64. The molecule has 0 spiro atoms. The Morgan fingerprint density at radius 2 is 2.10 bits per heavy atom. The van der Waals surface area contributed by atoms with Gasteiger partial charge >= 0.3 is 5.97 Å². The van der Waals surface area contributed by atoms with Crippen molar-refractivity contribution in [1.82, 2.24) is 0 Å². The molecule has 4 heteroatoms. The molecule has 0 aromatic carbocycles. The first kappa shape index (κ1) is 14.1. The Labute approximate surface area is 120 Å². The summed E-state index contributed by atoms with van der Waals surface area (Å²) in [5, 5.41) is 0. The molecule has 0 radical (unpaired) electrons. The second-order valence-corrected chi connectivity index (χ2v) is 6.67. The SMILES string of the molecule is CCOC(=O)[C@@]12CCCCC[C@@H](C1=O)[C@@]1(C)CC[C@@H]2O1. The van der Waals surface area contributed by atoms with Crippen LogP contribution in [0.15, 0.2) is 0 Å². The Morgan fingerprint density at radius 3 is 2.85 bits per heavy atom. The van der Waals surface area contributed by atoms with Gasteiger partial charge in [-0.2, -0.15) is 0 Å². The first-order valence-corrected chi connectivity index (χ1v) is 7.94. The van der Waals surface area contributed by atoms with Gasteiger partial charge in [0.25, 0.3) is 0 Å². The van der Waals surface area contributed by atoms with Crippen molar-refractivity contribution in [3.8, 4) is 0 Å². The smallest absolute Gasteiger partial charge is 0.322 e. The highest BCUT2D eigenvalue weighted by Gasteiger charge is 2.66. The lowest BCUT2D eigenvalue weighted by Crippen LogP contribution is -2.60. The molecule has 1 saturated carbocycles. The molecule has 0 unspecified atom stereocenters. The van der Waals surface area contributed by atoms with Crippen LogP contribution in [0.5, 0.6) is 0 Å². The number of hydrogen-bond acceptors (Lipinski definition) is 4. The van der Waals surface area contributed by atoms with Crippen molar-refractivity contribution in [3.05, 3.63) is 0 Å². The number of ketones is 1. The summed E-state index contributed by atoms with van der Waals surface area (Å²) in [6, 6.07) is 0. The number of hydrogen-bond donors (Lipinski definition) is 0. The summed E-state index contributed by atoms with van der Waals surface area (Å²) in [6.07, 6.45) is 5.92. The van der Waals surface area contributed by atoms with Gasteiger partial charge in [-0.3, -0.25) is 9.59 Å². The standard InChI is InChI=1S/C16H24O4/c1-3-19-14(18)16-9-6-4-5-7-11(13(16)17)15(2)10-8-12(16)20-15/h11-12H,3-10H2,1-2H3/t11-,12-,15+,16+/m0/s1. The zero-order chi connectivity index (χ0) is 14.4. The Hall–Kier alpha value is -0.900. The van der Waals surface area contributed by atoms with E-state index in [0.29, 0.717) is 13.0 Å². The summed E-state index contributed by atoms with van der Waals surface area (Å²) in [7, 11) is 0. The number of esters is 1. The molecule has 2 aliphatic heterocycles. The topological polar surface area (TPSA) is 52.6 Å². The summed E-state index contributed by atoms with van der Waals surface area (Å²) in [5.74, 6) is -0.372. The van der Waals surface area contributed by atoms with Gasteiger partial charge in [-0.05, 0) is 39.5 Å². The predicted octanol–water partition coefficient (Wildman–Crippen LogP) is 2.64. The van der Waals surface area contributed by atoms with E-state index in [-0.39, 0.29) is 29.4 Å². The van der Waals surface area contributed by atoms with Gasteiger partial charge in [-0.25, -0.2) is 0 Å². The van der Waals surface area contributed by atoms with E-state index >= 15 is 0 Å². The van der Waals surface area contributed by atoms with Crippen molar-refractivity contribution in [2.24, 2.45) is 11.3 Å². The van der Waals surface area contributed by atoms with E-state index in [1.807, 2.05) is 6.92 Å². The number of fused-ring (bicyclic) bond motifs is 6. The van der Waals surface area contributed by atoms with Crippen LogP contribution in [0, 0.1) is 11.3 Å². The molecule has 0 N–H and O–H groups in total. The van der Waals surface area contributed by atoms with Gasteiger partial charge in [0.1, 0.15) is 0 Å². The first-order valence-electron chi connectivity index (χ1n) is 7.94. The van der Waals surface area contributed by atoms with E-state index in [1.165, 1.54) is 0 Å². The van der Waals surface area contributed by atoms with Crippen LogP contribution in [0.1, 0.15) is 58.8 Å². The molecule has 20 heavy (non-hydrogen) atoms. The highest BCUT2D eigenvalue weighted by Crippen LogP contribution is 2.55. The predicted molar refractivity (Wildman–Crippen MR) is 73.2 cm³/mol. The van der Waals surface area contributed by atoms with Crippen LogP contribution in [-0.2, 0) is 19.1 Å². The van der Waals surface area contributed by atoms with Gasteiger partial charge in [0.05, 0.1) is 18.3 Å². The molecule has 112 valence electrons. The molecule has 3 rings (SSSR count). The molecule has 3 fully saturated rings. The van der Waals surface area contributed by atoms with Crippen LogP contribution in [-0.4, -0.2) is 30.1 Å². The summed E-state index contributed by atoms with van der Waals surface area (Å²) in [6.45, 7) is 4.16. The van der Waals surface area contributed by atoms with E-state index in [4.69, 9.17) is 9.47 Å². The van der Waals surface area contributed by atoms with Crippen molar-refractivity contribution >= 4 is 11.8 Å². The summed E-state index contributed by atoms with van der Waals surface area (Å²) >= 11 is 0.